The van der Waals surface area contributed by atoms with E-state index >= 15 is 0 Å². The lowest BCUT2D eigenvalue weighted by atomic mass is 10.1. The van der Waals surface area contributed by atoms with Gasteiger partial charge in [-0.3, -0.25) is 0 Å². The van der Waals surface area contributed by atoms with Gasteiger partial charge in [-0.15, -0.1) is 0 Å². The monoisotopic (exact) mass is 270 g/mol. The van der Waals surface area contributed by atoms with E-state index in [0.717, 1.165) is 37.8 Å². The molecule has 0 aliphatic rings. The van der Waals surface area contributed by atoms with Gasteiger partial charge in [0.25, 0.3) is 0 Å². The van der Waals surface area contributed by atoms with Gasteiger partial charge in [0.15, 0.2) is 0 Å². The van der Waals surface area contributed by atoms with Crippen molar-refractivity contribution in [2.45, 2.75) is 39.5 Å². The first-order valence-electron chi connectivity index (χ1n) is 6.47. The van der Waals surface area contributed by atoms with Crippen LogP contribution in [-0.2, 0) is 19.1 Å². The SMILES string of the molecule is CCCCC(=COCCOC(=O)/C=C\C(=O)O)CC. The number of esters is 1. The molecule has 0 bridgehead atoms. The fourth-order valence-corrected chi connectivity index (χ4v) is 1.28. The number of hydrogen-bond acceptors (Lipinski definition) is 4. The summed E-state index contributed by atoms with van der Waals surface area (Å²) in [6, 6.07) is 0. The van der Waals surface area contributed by atoms with Gasteiger partial charge in [0, 0.05) is 12.2 Å². The van der Waals surface area contributed by atoms with E-state index in [1.54, 1.807) is 6.26 Å². The van der Waals surface area contributed by atoms with Crippen LogP contribution in [0.4, 0.5) is 0 Å². The van der Waals surface area contributed by atoms with Crippen molar-refractivity contribution in [2.24, 2.45) is 0 Å². The molecule has 1 N–H and O–H groups in total. The molecule has 0 rings (SSSR count). The van der Waals surface area contributed by atoms with Gasteiger partial charge < -0.3 is 14.6 Å². The number of carbonyl (C=O) groups is 2. The quantitative estimate of drug-likeness (QED) is 0.286. The van der Waals surface area contributed by atoms with E-state index in [-0.39, 0.29) is 13.2 Å². The lowest BCUT2D eigenvalue weighted by Crippen LogP contribution is -2.07. The maximum Gasteiger partial charge on any atom is 0.331 e. The van der Waals surface area contributed by atoms with Crippen molar-refractivity contribution in [3.63, 3.8) is 0 Å². The Morgan fingerprint density at radius 2 is 1.89 bits per heavy atom. The first-order chi connectivity index (χ1) is 9.10. The second kappa shape index (κ2) is 11.3. The third-order valence-electron chi connectivity index (χ3n) is 2.36. The fraction of sp³-hybridized carbons (Fsp3) is 0.571. The minimum absolute atomic E-state index is 0.101. The van der Waals surface area contributed by atoms with Crippen LogP contribution in [0, 0.1) is 0 Å². The van der Waals surface area contributed by atoms with E-state index in [1.165, 1.54) is 5.57 Å². The average Bonchev–Trinajstić information content (AvgIpc) is 2.39. The zero-order chi connectivity index (χ0) is 14.5. The molecule has 0 aliphatic carbocycles. The maximum atomic E-state index is 11.0. The standard InChI is InChI=1S/C14H22O5/c1-3-5-6-12(4-2)11-18-9-10-19-14(17)8-7-13(15)16/h7-8,11H,3-6,9-10H2,1-2H3,(H,15,16)/b8-7-,12-11?. The molecule has 5 heteroatoms. The Morgan fingerprint density at radius 3 is 2.47 bits per heavy atom. The fourth-order valence-electron chi connectivity index (χ4n) is 1.28. The molecule has 0 amide bonds. The highest BCUT2D eigenvalue weighted by Crippen LogP contribution is 2.10. The second-order valence-electron chi connectivity index (χ2n) is 3.94. The summed E-state index contributed by atoms with van der Waals surface area (Å²) < 4.78 is 10.0. The van der Waals surface area contributed by atoms with Gasteiger partial charge in [0.2, 0.25) is 0 Å². The summed E-state index contributed by atoms with van der Waals surface area (Å²) in [5, 5.41) is 8.30. The molecule has 0 saturated carbocycles. The highest BCUT2D eigenvalue weighted by Gasteiger charge is 1.98. The number of carboxylic acid groups (broad SMARTS) is 1. The number of rotatable bonds is 10. The maximum absolute atomic E-state index is 11.0. The molecule has 0 heterocycles. The molecule has 0 saturated heterocycles. The number of ether oxygens (including phenoxy) is 2. The summed E-state index contributed by atoms with van der Waals surface area (Å²) in [5.74, 6) is -1.86. The number of allylic oxidation sites excluding steroid dienone is 1. The van der Waals surface area contributed by atoms with Crippen LogP contribution in [0.1, 0.15) is 39.5 Å². The highest BCUT2D eigenvalue weighted by atomic mass is 16.6. The van der Waals surface area contributed by atoms with E-state index in [0.29, 0.717) is 0 Å². The Labute approximate surface area is 113 Å². The minimum Gasteiger partial charge on any atom is -0.498 e. The molecule has 19 heavy (non-hydrogen) atoms. The third-order valence-corrected chi connectivity index (χ3v) is 2.36. The van der Waals surface area contributed by atoms with Crippen LogP contribution >= 0.6 is 0 Å². The molecule has 0 aliphatic heterocycles. The van der Waals surface area contributed by atoms with E-state index in [2.05, 4.69) is 13.8 Å². The third kappa shape index (κ3) is 11.1. The first kappa shape index (κ1) is 17.2. The van der Waals surface area contributed by atoms with Crippen molar-refractivity contribution in [2.75, 3.05) is 13.2 Å². The van der Waals surface area contributed by atoms with Gasteiger partial charge in [-0.05, 0) is 24.8 Å². The second-order valence-corrected chi connectivity index (χ2v) is 3.94. The predicted molar refractivity (Wildman–Crippen MR) is 71.6 cm³/mol. The molecule has 0 atom stereocenters. The summed E-state index contributed by atoms with van der Waals surface area (Å²) in [4.78, 5) is 21.1. The Balaban J connectivity index is 3.76. The van der Waals surface area contributed by atoms with Gasteiger partial charge in [-0.25, -0.2) is 9.59 Å². The van der Waals surface area contributed by atoms with Crippen molar-refractivity contribution in [1.29, 1.82) is 0 Å². The smallest absolute Gasteiger partial charge is 0.331 e. The summed E-state index contributed by atoms with van der Waals surface area (Å²) in [5.41, 5.74) is 1.24. The van der Waals surface area contributed by atoms with Crippen molar-refractivity contribution < 1.29 is 24.2 Å². The number of unbranched alkanes of at least 4 members (excludes halogenated alkanes) is 1. The van der Waals surface area contributed by atoms with Gasteiger partial charge in [0.05, 0.1) is 6.26 Å². The van der Waals surface area contributed by atoms with Crippen LogP contribution in [0.25, 0.3) is 0 Å². The summed E-state index contributed by atoms with van der Waals surface area (Å²) in [7, 11) is 0. The number of hydrogen-bond donors (Lipinski definition) is 1. The lowest BCUT2D eigenvalue weighted by Gasteiger charge is -2.05. The molecule has 0 spiro atoms. The topological polar surface area (TPSA) is 72.8 Å². The van der Waals surface area contributed by atoms with Crippen LogP contribution in [0.15, 0.2) is 24.0 Å². The Hall–Kier alpha value is -1.78. The number of carbonyl (C=O) groups excluding carboxylic acids is 1. The number of carboxylic acids is 1. The summed E-state index contributed by atoms with van der Waals surface area (Å²) >= 11 is 0. The Bertz CT molecular complexity index is 331. The van der Waals surface area contributed by atoms with Crippen LogP contribution in [0.3, 0.4) is 0 Å². The largest absolute Gasteiger partial charge is 0.498 e. The Morgan fingerprint density at radius 1 is 1.16 bits per heavy atom. The van der Waals surface area contributed by atoms with E-state index < -0.39 is 11.9 Å². The number of aliphatic carboxylic acids is 1. The van der Waals surface area contributed by atoms with Crippen molar-refractivity contribution in [3.8, 4) is 0 Å². The Kier molecular flexibility index (Phi) is 10.3. The van der Waals surface area contributed by atoms with Gasteiger partial charge in [-0.2, -0.15) is 0 Å². The molecular weight excluding hydrogens is 248 g/mol. The van der Waals surface area contributed by atoms with Crippen molar-refractivity contribution in [3.05, 3.63) is 24.0 Å². The molecule has 0 radical (unpaired) electrons. The molecular formula is C14H22O5. The molecule has 0 aromatic carbocycles. The summed E-state index contributed by atoms with van der Waals surface area (Å²) in [6.45, 7) is 4.58. The average molecular weight is 270 g/mol. The van der Waals surface area contributed by atoms with Gasteiger partial charge >= 0.3 is 11.9 Å². The van der Waals surface area contributed by atoms with Crippen LogP contribution in [0.2, 0.25) is 0 Å². The molecule has 0 unspecified atom stereocenters. The van der Waals surface area contributed by atoms with Crippen LogP contribution < -0.4 is 0 Å². The van der Waals surface area contributed by atoms with Crippen molar-refractivity contribution in [1.82, 2.24) is 0 Å². The van der Waals surface area contributed by atoms with Crippen LogP contribution in [-0.4, -0.2) is 30.3 Å². The summed E-state index contributed by atoms with van der Waals surface area (Å²) in [6.07, 6.45) is 7.58. The molecule has 0 aromatic heterocycles. The van der Waals surface area contributed by atoms with E-state index in [1.807, 2.05) is 0 Å². The lowest BCUT2D eigenvalue weighted by molar-refractivity contribution is -0.139. The minimum atomic E-state index is -1.18. The molecule has 0 aromatic rings. The van der Waals surface area contributed by atoms with Gasteiger partial charge in [0.1, 0.15) is 13.2 Å². The molecule has 0 fully saturated rings. The molecule has 108 valence electrons. The van der Waals surface area contributed by atoms with E-state index in [4.69, 9.17) is 14.6 Å². The van der Waals surface area contributed by atoms with Crippen molar-refractivity contribution >= 4 is 11.9 Å². The van der Waals surface area contributed by atoms with E-state index in [9.17, 15) is 9.59 Å². The zero-order valence-electron chi connectivity index (χ0n) is 11.6. The van der Waals surface area contributed by atoms with Crippen LogP contribution in [0.5, 0.6) is 0 Å². The zero-order valence-corrected chi connectivity index (χ0v) is 11.6. The van der Waals surface area contributed by atoms with Gasteiger partial charge in [-0.1, -0.05) is 20.3 Å². The normalized spacial score (nSPS) is 11.6. The molecule has 5 nitrogen and oxygen atoms in total. The predicted octanol–water partition coefficient (Wildman–Crippen LogP) is 2.67. The highest BCUT2D eigenvalue weighted by molar-refractivity contribution is 5.90. The first-order valence-corrected chi connectivity index (χ1v) is 6.47.